The lowest BCUT2D eigenvalue weighted by Crippen LogP contribution is -2.58. The molecule has 2 aromatic carbocycles. The normalized spacial score (nSPS) is 24.6. The molecule has 0 saturated carbocycles. The lowest BCUT2D eigenvalue weighted by atomic mass is 9.81. The maximum absolute atomic E-state index is 11.8. The van der Waals surface area contributed by atoms with Gasteiger partial charge in [0.1, 0.15) is 24.4 Å². The Balaban J connectivity index is 1.73. The van der Waals surface area contributed by atoms with Crippen LogP contribution in [0.2, 0.25) is 0 Å². The van der Waals surface area contributed by atoms with Gasteiger partial charge in [0.05, 0.1) is 26.2 Å². The first kappa shape index (κ1) is 21.5. The zero-order valence-corrected chi connectivity index (χ0v) is 18.6. The summed E-state index contributed by atoms with van der Waals surface area (Å²) >= 11 is 0. The number of ether oxygens (including phenoxy) is 1. The molecule has 0 radical (unpaired) electrons. The summed E-state index contributed by atoms with van der Waals surface area (Å²) in [4.78, 5) is 4.51. The number of fused-ring (bicyclic) bond motifs is 1. The maximum Gasteiger partial charge on any atom is 0.131 e. The van der Waals surface area contributed by atoms with Gasteiger partial charge in [-0.05, 0) is 48.6 Å². The number of pyridine rings is 1. The quantitative estimate of drug-likeness (QED) is 0.420. The van der Waals surface area contributed by atoms with E-state index >= 15 is 0 Å². The molecule has 1 aromatic heterocycles. The number of piperidine rings is 1. The van der Waals surface area contributed by atoms with Crippen molar-refractivity contribution in [1.82, 2.24) is 4.98 Å². The summed E-state index contributed by atoms with van der Waals surface area (Å²) in [5.41, 5.74) is 3.13. The maximum atomic E-state index is 11.8. The third kappa shape index (κ3) is 4.51. The van der Waals surface area contributed by atoms with E-state index in [9.17, 15) is 5.11 Å². The third-order valence-electron chi connectivity index (χ3n) is 6.98. The van der Waals surface area contributed by atoms with Crippen LogP contribution in [0.5, 0.6) is 5.75 Å². The molecule has 3 unspecified atom stereocenters. The van der Waals surface area contributed by atoms with Crippen LogP contribution in [-0.4, -0.2) is 41.3 Å². The van der Waals surface area contributed by atoms with Crippen LogP contribution in [-0.2, 0) is 6.54 Å². The minimum atomic E-state index is -0.584. The lowest BCUT2D eigenvalue weighted by Gasteiger charge is -2.49. The zero-order chi connectivity index (χ0) is 21.8. The predicted molar refractivity (Wildman–Crippen MR) is 126 cm³/mol. The third-order valence-corrected chi connectivity index (χ3v) is 6.98. The number of aliphatic hydroxyl groups is 1. The van der Waals surface area contributed by atoms with Gasteiger partial charge in [0, 0.05) is 23.6 Å². The molecule has 4 nitrogen and oxygen atoms in total. The molecule has 0 spiro atoms. The molecule has 1 saturated heterocycles. The first-order valence-corrected chi connectivity index (χ1v) is 11.1. The summed E-state index contributed by atoms with van der Waals surface area (Å²) in [6.07, 6.45) is 6.37. The van der Waals surface area contributed by atoms with Crippen molar-refractivity contribution in [3.8, 4) is 5.75 Å². The fraction of sp³-hybridized carbons (Fsp3) is 0.370. The zero-order valence-electron chi connectivity index (χ0n) is 18.6. The average Bonchev–Trinajstić information content (AvgIpc) is 2.80. The number of nitrogens with zero attached hydrogens (tertiary/aromatic N) is 2. The van der Waals surface area contributed by atoms with E-state index in [1.807, 2.05) is 30.3 Å². The Morgan fingerprint density at radius 3 is 2.77 bits per heavy atom. The molecule has 3 aromatic rings. The van der Waals surface area contributed by atoms with Gasteiger partial charge in [0.15, 0.2) is 0 Å². The summed E-state index contributed by atoms with van der Waals surface area (Å²) in [5.74, 6) is 1.34. The molecule has 31 heavy (non-hydrogen) atoms. The lowest BCUT2D eigenvalue weighted by molar-refractivity contribution is -0.956. The predicted octanol–water partition coefficient (Wildman–Crippen LogP) is 5.28. The van der Waals surface area contributed by atoms with E-state index < -0.39 is 6.10 Å². The minimum Gasteiger partial charge on any atom is -0.497 e. The van der Waals surface area contributed by atoms with Crippen LogP contribution in [0.1, 0.15) is 36.5 Å². The van der Waals surface area contributed by atoms with Crippen LogP contribution in [0.25, 0.3) is 10.9 Å². The molecule has 0 bridgehead atoms. The van der Waals surface area contributed by atoms with Crippen LogP contribution in [0.3, 0.4) is 0 Å². The van der Waals surface area contributed by atoms with Crippen molar-refractivity contribution in [3.05, 3.63) is 84.6 Å². The van der Waals surface area contributed by atoms with Crippen LogP contribution in [0.4, 0.5) is 0 Å². The molecule has 2 heterocycles. The van der Waals surface area contributed by atoms with E-state index in [-0.39, 0.29) is 6.04 Å². The smallest absolute Gasteiger partial charge is 0.131 e. The van der Waals surface area contributed by atoms with Crippen LogP contribution >= 0.6 is 0 Å². The van der Waals surface area contributed by atoms with Gasteiger partial charge >= 0.3 is 0 Å². The monoisotopic (exact) mass is 417 g/mol. The van der Waals surface area contributed by atoms with Crippen LogP contribution in [0, 0.1) is 5.92 Å². The number of methoxy groups -OCH3 is 1. The SMILES string of the molecule is C=CCC1CC[N+](C)(Cc2ccccc2)C([C@H](O)c2ccnc3ccc(OC)cc23)C1. The molecule has 1 fully saturated rings. The fourth-order valence-electron chi connectivity index (χ4n) is 5.21. The molecular weight excluding hydrogens is 384 g/mol. The molecule has 4 rings (SSSR count). The van der Waals surface area contributed by atoms with Gasteiger partial charge < -0.3 is 14.3 Å². The molecule has 4 heteroatoms. The number of benzene rings is 2. The van der Waals surface area contributed by atoms with Crippen molar-refractivity contribution in [3.63, 3.8) is 0 Å². The summed E-state index contributed by atoms with van der Waals surface area (Å²) in [5, 5.41) is 12.8. The molecule has 1 N–H and O–H groups in total. The number of allylic oxidation sites excluding steroid dienone is 1. The second-order valence-electron chi connectivity index (χ2n) is 9.06. The highest BCUT2D eigenvalue weighted by atomic mass is 16.5. The Labute approximate surface area is 185 Å². The first-order valence-electron chi connectivity index (χ1n) is 11.1. The molecule has 0 amide bonds. The Morgan fingerprint density at radius 1 is 1.23 bits per heavy atom. The van der Waals surface area contributed by atoms with Crippen molar-refractivity contribution in [2.75, 3.05) is 20.7 Å². The number of aromatic nitrogens is 1. The average molecular weight is 418 g/mol. The van der Waals surface area contributed by atoms with Crippen molar-refractivity contribution in [1.29, 1.82) is 0 Å². The summed E-state index contributed by atoms with van der Waals surface area (Å²) in [6.45, 7) is 5.91. The number of likely N-dealkylation sites (N-methyl/N-ethyl adjacent to an activating group) is 1. The molecule has 1 aliphatic rings. The summed E-state index contributed by atoms with van der Waals surface area (Å²) < 4.78 is 6.27. The number of quaternary nitrogens is 1. The second kappa shape index (κ2) is 9.21. The van der Waals surface area contributed by atoms with E-state index in [0.717, 1.165) is 59.1 Å². The van der Waals surface area contributed by atoms with Gasteiger partial charge in [-0.3, -0.25) is 4.98 Å². The van der Waals surface area contributed by atoms with Crippen LogP contribution < -0.4 is 4.74 Å². The Hall–Kier alpha value is -2.69. The van der Waals surface area contributed by atoms with Crippen molar-refractivity contribution < 1.29 is 14.3 Å². The second-order valence-corrected chi connectivity index (χ2v) is 9.06. The van der Waals surface area contributed by atoms with Gasteiger partial charge in [-0.2, -0.15) is 0 Å². The van der Waals surface area contributed by atoms with Crippen molar-refractivity contribution in [2.24, 2.45) is 5.92 Å². The number of rotatable bonds is 7. The largest absolute Gasteiger partial charge is 0.497 e. The topological polar surface area (TPSA) is 42.4 Å². The van der Waals surface area contributed by atoms with E-state index in [1.54, 1.807) is 13.3 Å². The fourth-order valence-corrected chi connectivity index (χ4v) is 5.21. The minimum absolute atomic E-state index is 0.0932. The molecule has 0 aliphatic carbocycles. The van der Waals surface area contributed by atoms with E-state index in [2.05, 4.69) is 48.9 Å². The van der Waals surface area contributed by atoms with Gasteiger partial charge in [-0.1, -0.05) is 36.4 Å². The highest BCUT2D eigenvalue weighted by Crippen LogP contribution is 2.40. The number of hydrogen-bond acceptors (Lipinski definition) is 3. The standard InChI is InChI=1S/C27H33N2O2/c1-4-8-20-14-16-29(2,19-21-9-6-5-7-10-21)26(17-20)27(30)23-13-15-28-25-12-11-22(31-3)18-24(23)25/h4-7,9-13,15,18,20,26-27,30H,1,8,14,16-17,19H2,2-3H3/q+1/t20?,26?,27-,29?/m1/s1. The highest BCUT2D eigenvalue weighted by Gasteiger charge is 2.44. The summed E-state index contributed by atoms with van der Waals surface area (Å²) in [7, 11) is 3.97. The van der Waals surface area contributed by atoms with Gasteiger partial charge in [0.2, 0.25) is 0 Å². The molecule has 1 aliphatic heterocycles. The molecule has 162 valence electrons. The van der Waals surface area contributed by atoms with E-state index in [0.29, 0.717) is 5.92 Å². The van der Waals surface area contributed by atoms with E-state index in [4.69, 9.17) is 4.74 Å². The molecule has 4 atom stereocenters. The molecular formula is C27H33N2O2+. The Morgan fingerprint density at radius 2 is 2.03 bits per heavy atom. The van der Waals surface area contributed by atoms with Gasteiger partial charge in [-0.25, -0.2) is 0 Å². The Kier molecular flexibility index (Phi) is 6.40. The van der Waals surface area contributed by atoms with E-state index in [1.165, 1.54) is 5.56 Å². The number of hydrogen-bond donors (Lipinski definition) is 1. The Bertz CT molecular complexity index is 1040. The number of aliphatic hydroxyl groups excluding tert-OH is 1. The highest BCUT2D eigenvalue weighted by molar-refractivity contribution is 5.83. The van der Waals surface area contributed by atoms with Crippen LogP contribution in [0.15, 0.2) is 73.4 Å². The van der Waals surface area contributed by atoms with Gasteiger partial charge in [-0.15, -0.1) is 6.58 Å². The van der Waals surface area contributed by atoms with Crippen molar-refractivity contribution >= 4 is 10.9 Å². The van der Waals surface area contributed by atoms with Crippen molar-refractivity contribution in [2.45, 2.75) is 38.0 Å². The van der Waals surface area contributed by atoms with Gasteiger partial charge in [0.25, 0.3) is 0 Å². The summed E-state index contributed by atoms with van der Waals surface area (Å²) in [6, 6.07) is 18.6. The number of likely N-dealkylation sites (tertiary alicyclic amines) is 1. The first-order chi connectivity index (χ1) is 15.0.